The van der Waals surface area contributed by atoms with Crippen molar-refractivity contribution in [3.63, 3.8) is 0 Å². The van der Waals surface area contributed by atoms with Gasteiger partial charge in [-0.15, -0.1) is 0 Å². The number of aryl methyl sites for hydroxylation is 1. The number of hydrogen-bond donors (Lipinski definition) is 2. The van der Waals surface area contributed by atoms with Gasteiger partial charge in [-0.1, -0.05) is 60.2 Å². The summed E-state index contributed by atoms with van der Waals surface area (Å²) in [6.45, 7) is 1.20. The molecule has 0 aliphatic carbocycles. The molecule has 4 rings (SSSR count). The normalized spacial score (nSPS) is 14.7. The van der Waals surface area contributed by atoms with Gasteiger partial charge in [0, 0.05) is 23.6 Å². The monoisotopic (exact) mass is 535 g/mol. The second-order valence-corrected chi connectivity index (χ2v) is 9.50. The van der Waals surface area contributed by atoms with Gasteiger partial charge in [0.15, 0.2) is 5.75 Å². The van der Waals surface area contributed by atoms with Crippen LogP contribution >= 0.6 is 11.6 Å². The van der Waals surface area contributed by atoms with Crippen LogP contribution < -0.4 is 14.4 Å². The van der Waals surface area contributed by atoms with Crippen LogP contribution in [0.5, 0.6) is 11.5 Å². The van der Waals surface area contributed by atoms with E-state index < -0.39 is 18.0 Å². The molecule has 0 aromatic heterocycles. The van der Waals surface area contributed by atoms with E-state index >= 15 is 0 Å². The van der Waals surface area contributed by atoms with Crippen molar-refractivity contribution in [2.75, 3.05) is 24.6 Å². The Kier molecular flexibility index (Phi) is 9.27. The van der Waals surface area contributed by atoms with Crippen LogP contribution in [0.4, 0.5) is 5.69 Å². The Balaban J connectivity index is 1.38. The Morgan fingerprint density at radius 1 is 1.00 bits per heavy atom. The Morgan fingerprint density at radius 2 is 1.76 bits per heavy atom. The summed E-state index contributed by atoms with van der Waals surface area (Å²) in [6, 6.07) is 21.2. The third-order valence-corrected chi connectivity index (χ3v) is 6.49. The van der Waals surface area contributed by atoms with Crippen molar-refractivity contribution in [1.29, 1.82) is 0 Å². The van der Waals surface area contributed by atoms with Gasteiger partial charge in [0.25, 0.3) is 0 Å². The van der Waals surface area contributed by atoms with Crippen LogP contribution in [-0.4, -0.2) is 48.0 Å². The molecule has 38 heavy (non-hydrogen) atoms. The van der Waals surface area contributed by atoms with Crippen molar-refractivity contribution in [2.24, 2.45) is 0 Å². The number of nitrogens with zero attached hydrogens (tertiary/aromatic N) is 1. The minimum atomic E-state index is -1.05. The molecule has 1 heterocycles. The number of carbonyl (C=O) groups is 2. The lowest BCUT2D eigenvalue weighted by Crippen LogP contribution is -2.45. The van der Waals surface area contributed by atoms with Crippen LogP contribution in [0.1, 0.15) is 36.0 Å². The number of fused-ring (bicyclic) bond motifs is 1. The molecule has 0 spiro atoms. The molecule has 3 aromatic rings. The van der Waals surface area contributed by atoms with Gasteiger partial charge in [-0.3, -0.25) is 4.79 Å². The topological polar surface area (TPSA) is 96.3 Å². The lowest BCUT2D eigenvalue weighted by Gasteiger charge is -2.35. The summed E-state index contributed by atoms with van der Waals surface area (Å²) in [5.74, 6) is -0.654. The van der Waals surface area contributed by atoms with E-state index in [4.69, 9.17) is 26.2 Å². The zero-order valence-electron chi connectivity index (χ0n) is 20.9. The van der Waals surface area contributed by atoms with Crippen LogP contribution in [0.25, 0.3) is 12.2 Å². The van der Waals surface area contributed by atoms with E-state index in [0.717, 1.165) is 40.4 Å². The fourth-order valence-electron chi connectivity index (χ4n) is 4.27. The van der Waals surface area contributed by atoms with Crippen LogP contribution in [0.2, 0.25) is 5.02 Å². The van der Waals surface area contributed by atoms with E-state index in [-0.39, 0.29) is 13.0 Å². The first kappa shape index (κ1) is 27.1. The average Bonchev–Trinajstić information content (AvgIpc) is 2.91. The maximum Gasteiger partial charge on any atom is 0.346 e. The highest BCUT2D eigenvalue weighted by atomic mass is 35.5. The zero-order chi connectivity index (χ0) is 26.9. The van der Waals surface area contributed by atoms with E-state index in [1.165, 1.54) is 5.56 Å². The quantitative estimate of drug-likeness (QED) is 0.215. The molecule has 0 radical (unpaired) electrons. The Bertz CT molecular complexity index is 1270. The molecule has 2 N–H and O–H groups in total. The molecule has 1 atom stereocenters. The SMILES string of the molecule is O=C(O)CCCN1CC(C(=O)O)Oc2c(C=Cc3ccc(OCCCc4ccc(Cl)cc4)cc3)cccc21. The lowest BCUT2D eigenvalue weighted by molar-refractivity contribution is -0.145. The number of anilines is 1. The average molecular weight is 536 g/mol. The first-order valence-electron chi connectivity index (χ1n) is 12.5. The summed E-state index contributed by atoms with van der Waals surface area (Å²) in [5.41, 5.74) is 3.69. The van der Waals surface area contributed by atoms with Crippen molar-refractivity contribution in [3.8, 4) is 11.5 Å². The summed E-state index contributed by atoms with van der Waals surface area (Å²) in [6.07, 6.45) is 5.04. The highest BCUT2D eigenvalue weighted by Crippen LogP contribution is 2.38. The summed E-state index contributed by atoms with van der Waals surface area (Å²) in [7, 11) is 0. The number of rotatable bonds is 12. The van der Waals surface area contributed by atoms with Gasteiger partial charge in [-0.25, -0.2) is 4.79 Å². The van der Waals surface area contributed by atoms with Gasteiger partial charge < -0.3 is 24.6 Å². The molecule has 7 nitrogen and oxygen atoms in total. The lowest BCUT2D eigenvalue weighted by atomic mass is 10.1. The number of aliphatic carboxylic acids is 2. The van der Waals surface area contributed by atoms with E-state index in [9.17, 15) is 14.7 Å². The Hall–Kier alpha value is -3.97. The number of para-hydroxylation sites is 1. The predicted molar refractivity (Wildman–Crippen MR) is 148 cm³/mol. The van der Waals surface area contributed by atoms with Gasteiger partial charge in [-0.05, 0) is 60.7 Å². The van der Waals surface area contributed by atoms with Crippen molar-refractivity contribution >= 4 is 41.4 Å². The van der Waals surface area contributed by atoms with Gasteiger partial charge in [0.05, 0.1) is 18.8 Å². The minimum Gasteiger partial charge on any atom is -0.494 e. The molecule has 0 bridgehead atoms. The van der Waals surface area contributed by atoms with Crippen molar-refractivity contribution < 1.29 is 29.3 Å². The van der Waals surface area contributed by atoms with E-state index in [1.54, 1.807) is 0 Å². The van der Waals surface area contributed by atoms with E-state index in [0.29, 0.717) is 25.3 Å². The smallest absolute Gasteiger partial charge is 0.346 e. The standard InChI is InChI=1S/C30H30ClNO6/c31-24-14-9-21(10-15-24)4-3-19-37-25-16-11-22(12-17-25)8-13-23-5-1-6-26-29(23)38-27(30(35)36)20-32(26)18-2-7-28(33)34/h1,5-6,8-17,27H,2-4,7,18-20H2,(H,33,34)(H,35,36). The molecule has 8 heteroatoms. The first-order valence-corrected chi connectivity index (χ1v) is 12.9. The number of ether oxygens (including phenoxy) is 2. The van der Waals surface area contributed by atoms with E-state index in [2.05, 4.69) is 0 Å². The fourth-order valence-corrected chi connectivity index (χ4v) is 4.39. The van der Waals surface area contributed by atoms with Crippen molar-refractivity contribution in [2.45, 2.75) is 31.8 Å². The van der Waals surface area contributed by atoms with E-state index in [1.807, 2.05) is 83.8 Å². The second kappa shape index (κ2) is 13.0. The molecule has 1 aliphatic heterocycles. The number of benzene rings is 3. The van der Waals surface area contributed by atoms with Crippen LogP contribution in [-0.2, 0) is 16.0 Å². The minimum absolute atomic E-state index is 0.0199. The summed E-state index contributed by atoms with van der Waals surface area (Å²) < 4.78 is 11.7. The summed E-state index contributed by atoms with van der Waals surface area (Å²) in [4.78, 5) is 24.5. The van der Waals surface area contributed by atoms with Crippen LogP contribution in [0.15, 0.2) is 66.7 Å². The maximum atomic E-state index is 11.7. The number of carboxylic acids is 2. The summed E-state index contributed by atoms with van der Waals surface area (Å²) >= 11 is 5.93. The molecule has 1 aliphatic rings. The molecule has 1 unspecified atom stereocenters. The number of carboxylic acid groups (broad SMARTS) is 2. The van der Waals surface area contributed by atoms with Crippen molar-refractivity contribution in [1.82, 2.24) is 0 Å². The molecular weight excluding hydrogens is 506 g/mol. The van der Waals surface area contributed by atoms with Crippen LogP contribution in [0, 0.1) is 0 Å². The number of hydrogen-bond acceptors (Lipinski definition) is 5. The Morgan fingerprint density at radius 3 is 2.47 bits per heavy atom. The highest BCUT2D eigenvalue weighted by molar-refractivity contribution is 6.30. The molecule has 0 amide bonds. The predicted octanol–water partition coefficient (Wildman–Crippen LogP) is 6.04. The third-order valence-electron chi connectivity index (χ3n) is 6.23. The van der Waals surface area contributed by atoms with Crippen molar-refractivity contribution in [3.05, 3.63) is 88.4 Å². The molecule has 0 saturated carbocycles. The molecule has 0 saturated heterocycles. The Labute approximate surface area is 226 Å². The van der Waals surface area contributed by atoms with Gasteiger partial charge in [0.1, 0.15) is 5.75 Å². The summed E-state index contributed by atoms with van der Waals surface area (Å²) in [5, 5.41) is 19.3. The molecule has 198 valence electrons. The van der Waals surface area contributed by atoms with Gasteiger partial charge in [0.2, 0.25) is 6.10 Å². The third kappa shape index (κ3) is 7.52. The highest BCUT2D eigenvalue weighted by Gasteiger charge is 2.31. The first-order chi connectivity index (χ1) is 18.4. The number of halogens is 1. The fraction of sp³-hybridized carbons (Fsp3) is 0.267. The largest absolute Gasteiger partial charge is 0.494 e. The van der Waals surface area contributed by atoms with Gasteiger partial charge in [-0.2, -0.15) is 0 Å². The molecule has 0 fully saturated rings. The van der Waals surface area contributed by atoms with Crippen LogP contribution in [0.3, 0.4) is 0 Å². The maximum absolute atomic E-state index is 11.7. The molecular formula is C30H30ClNO6. The zero-order valence-corrected chi connectivity index (χ0v) is 21.6. The second-order valence-electron chi connectivity index (χ2n) is 9.06. The van der Waals surface area contributed by atoms with Gasteiger partial charge >= 0.3 is 11.9 Å². The molecule has 3 aromatic carbocycles.